The number of hydrogen-bond donors (Lipinski definition) is 2. The van der Waals surface area contributed by atoms with Crippen molar-refractivity contribution in [1.29, 1.82) is 0 Å². The molecular formula is C29H30F6N4O2S. The molecule has 3 aromatic rings. The number of carbonyl (C=O) groups is 2. The molecule has 0 unspecified atom stereocenters. The zero-order valence-corrected chi connectivity index (χ0v) is 23.5. The Labute approximate surface area is 243 Å². The molecule has 13 heteroatoms. The summed E-state index contributed by atoms with van der Waals surface area (Å²) in [6, 6.07) is 11.5. The van der Waals surface area contributed by atoms with Gasteiger partial charge in [0.15, 0.2) is 5.13 Å². The van der Waals surface area contributed by atoms with Crippen LogP contribution < -0.4 is 10.6 Å². The molecule has 226 valence electrons. The highest BCUT2D eigenvalue weighted by molar-refractivity contribution is 7.13. The topological polar surface area (TPSA) is 74.3 Å². The smallest absolute Gasteiger partial charge is 0.351 e. The number of carbonyl (C=O) groups excluding carboxylic acids is 2. The van der Waals surface area contributed by atoms with Gasteiger partial charge in [-0.05, 0) is 74.1 Å². The fourth-order valence-corrected chi connectivity index (χ4v) is 5.84. The largest absolute Gasteiger partial charge is 0.416 e. The summed E-state index contributed by atoms with van der Waals surface area (Å²) in [5.74, 6) is -1.32. The van der Waals surface area contributed by atoms with Crippen molar-refractivity contribution < 1.29 is 35.9 Å². The highest BCUT2D eigenvalue weighted by atomic mass is 32.1. The molecule has 1 aromatic heterocycles. The molecule has 0 radical (unpaired) electrons. The fourth-order valence-electron chi connectivity index (χ4n) is 5.03. The number of halogens is 6. The van der Waals surface area contributed by atoms with Crippen LogP contribution in [0, 0.1) is 0 Å². The highest BCUT2D eigenvalue weighted by Gasteiger charge is 2.37. The van der Waals surface area contributed by atoms with E-state index in [1.165, 1.54) is 12.5 Å². The van der Waals surface area contributed by atoms with Gasteiger partial charge in [-0.15, -0.1) is 11.3 Å². The van der Waals surface area contributed by atoms with Crippen molar-refractivity contribution in [3.05, 3.63) is 81.9 Å². The normalized spacial score (nSPS) is 15.8. The molecule has 2 aromatic carbocycles. The van der Waals surface area contributed by atoms with Crippen LogP contribution >= 0.6 is 11.3 Å². The van der Waals surface area contributed by atoms with E-state index in [2.05, 4.69) is 32.7 Å². The number of rotatable bonds is 9. The molecule has 2 amide bonds. The first kappa shape index (κ1) is 31.5. The average molecular weight is 613 g/mol. The lowest BCUT2D eigenvalue weighted by Gasteiger charge is -2.32. The Balaban J connectivity index is 1.46. The monoisotopic (exact) mass is 612 g/mol. The second kappa shape index (κ2) is 13.2. The van der Waals surface area contributed by atoms with Gasteiger partial charge in [0.25, 0.3) is 0 Å². The van der Waals surface area contributed by atoms with E-state index in [4.69, 9.17) is 0 Å². The van der Waals surface area contributed by atoms with Gasteiger partial charge in [-0.2, -0.15) is 26.3 Å². The van der Waals surface area contributed by atoms with Gasteiger partial charge in [0.05, 0.1) is 22.7 Å². The predicted molar refractivity (Wildman–Crippen MR) is 147 cm³/mol. The third-order valence-electron chi connectivity index (χ3n) is 7.19. The van der Waals surface area contributed by atoms with Crippen molar-refractivity contribution in [1.82, 2.24) is 15.2 Å². The molecule has 0 aliphatic carbocycles. The Bertz CT molecular complexity index is 1340. The van der Waals surface area contributed by atoms with E-state index in [9.17, 15) is 35.9 Å². The van der Waals surface area contributed by atoms with E-state index < -0.39 is 41.8 Å². The quantitative estimate of drug-likeness (QED) is 0.261. The van der Waals surface area contributed by atoms with Gasteiger partial charge < -0.3 is 15.5 Å². The SMILES string of the molecule is CC(=O)Nc1nc([C@H](CCN2CCC(c3ccccc3)CC2)C(=O)NCc2cc(C(F)(F)F)cc(C(F)(F)F)c2)cs1. The van der Waals surface area contributed by atoms with Crippen molar-refractivity contribution in [2.75, 3.05) is 25.0 Å². The van der Waals surface area contributed by atoms with Crippen molar-refractivity contribution in [3.8, 4) is 0 Å². The summed E-state index contributed by atoms with van der Waals surface area (Å²) >= 11 is 1.12. The molecule has 1 atom stereocenters. The molecule has 0 spiro atoms. The van der Waals surface area contributed by atoms with Crippen molar-refractivity contribution in [2.24, 2.45) is 0 Å². The lowest BCUT2D eigenvalue weighted by molar-refractivity contribution is -0.143. The van der Waals surface area contributed by atoms with Gasteiger partial charge in [-0.25, -0.2) is 4.98 Å². The Morgan fingerprint density at radius 3 is 2.19 bits per heavy atom. The van der Waals surface area contributed by atoms with Crippen LogP contribution in [-0.4, -0.2) is 41.3 Å². The van der Waals surface area contributed by atoms with E-state index in [1.54, 1.807) is 5.38 Å². The van der Waals surface area contributed by atoms with Crippen LogP contribution in [0.25, 0.3) is 0 Å². The number of thiazole rings is 1. The number of anilines is 1. The van der Waals surface area contributed by atoms with E-state index in [0.29, 0.717) is 36.7 Å². The molecule has 1 saturated heterocycles. The number of aromatic nitrogens is 1. The summed E-state index contributed by atoms with van der Waals surface area (Å²) in [4.78, 5) is 31.3. The van der Waals surface area contributed by atoms with Gasteiger partial charge >= 0.3 is 12.4 Å². The maximum Gasteiger partial charge on any atom is 0.416 e. The van der Waals surface area contributed by atoms with E-state index in [-0.39, 0.29) is 22.7 Å². The maximum absolute atomic E-state index is 13.3. The van der Waals surface area contributed by atoms with Crippen LogP contribution in [0.3, 0.4) is 0 Å². The lowest BCUT2D eigenvalue weighted by atomic mass is 9.89. The van der Waals surface area contributed by atoms with Crippen molar-refractivity contribution in [3.63, 3.8) is 0 Å². The zero-order chi connectivity index (χ0) is 30.5. The van der Waals surface area contributed by atoms with Crippen LogP contribution in [0.5, 0.6) is 0 Å². The van der Waals surface area contributed by atoms with E-state index in [1.807, 2.05) is 18.2 Å². The third-order valence-corrected chi connectivity index (χ3v) is 7.96. The number of benzene rings is 2. The summed E-state index contributed by atoms with van der Waals surface area (Å²) in [5, 5.41) is 6.96. The Hall–Kier alpha value is -3.45. The Morgan fingerprint density at radius 1 is 1.00 bits per heavy atom. The summed E-state index contributed by atoms with van der Waals surface area (Å²) in [6.07, 6.45) is -7.77. The Kier molecular flexibility index (Phi) is 9.93. The van der Waals surface area contributed by atoms with Gasteiger partial charge in [0.2, 0.25) is 11.8 Å². The number of nitrogens with one attached hydrogen (secondary N) is 2. The minimum Gasteiger partial charge on any atom is -0.351 e. The molecule has 1 fully saturated rings. The molecule has 4 rings (SSSR count). The molecule has 2 N–H and O–H groups in total. The first-order chi connectivity index (χ1) is 19.8. The molecule has 1 aliphatic rings. The van der Waals surface area contributed by atoms with Gasteiger partial charge in [0.1, 0.15) is 0 Å². The first-order valence-electron chi connectivity index (χ1n) is 13.4. The molecule has 0 saturated carbocycles. The lowest BCUT2D eigenvalue weighted by Crippen LogP contribution is -2.36. The number of nitrogens with zero attached hydrogens (tertiary/aromatic N) is 2. The van der Waals surface area contributed by atoms with Crippen LogP contribution in [0.4, 0.5) is 31.5 Å². The number of amides is 2. The summed E-state index contributed by atoms with van der Waals surface area (Å²) in [5.41, 5.74) is -1.58. The average Bonchev–Trinajstić information content (AvgIpc) is 3.39. The van der Waals surface area contributed by atoms with Crippen LogP contribution in [-0.2, 0) is 28.5 Å². The molecule has 2 heterocycles. The van der Waals surface area contributed by atoms with Crippen LogP contribution in [0.2, 0.25) is 0 Å². The summed E-state index contributed by atoms with van der Waals surface area (Å²) < 4.78 is 79.7. The van der Waals surface area contributed by atoms with Crippen molar-refractivity contribution >= 4 is 28.3 Å². The number of alkyl halides is 6. The fraction of sp³-hybridized carbons (Fsp3) is 0.414. The maximum atomic E-state index is 13.3. The standard InChI is InChI=1S/C29H30F6N4O2S/c1-18(40)37-27-38-25(17-42-27)24(9-12-39-10-7-21(8-11-39)20-5-3-2-4-6-20)26(41)36-16-19-13-22(28(30,31)32)15-23(14-19)29(33,34)35/h2-6,13-15,17,21,24H,7-12,16H2,1H3,(H,36,41)(H,37,38,40)/t24-/m0/s1. The Morgan fingerprint density at radius 2 is 1.62 bits per heavy atom. The van der Waals surface area contributed by atoms with Gasteiger partial charge in [-0.1, -0.05) is 30.3 Å². The van der Waals surface area contributed by atoms with Crippen LogP contribution in [0.1, 0.15) is 66.0 Å². The number of hydrogen-bond acceptors (Lipinski definition) is 5. The molecule has 1 aliphatic heterocycles. The van der Waals surface area contributed by atoms with Crippen LogP contribution in [0.15, 0.2) is 53.9 Å². The van der Waals surface area contributed by atoms with E-state index in [0.717, 1.165) is 37.3 Å². The number of piperidine rings is 1. The minimum atomic E-state index is -4.99. The van der Waals surface area contributed by atoms with Gasteiger partial charge in [-0.3, -0.25) is 9.59 Å². The second-order valence-electron chi connectivity index (χ2n) is 10.3. The minimum absolute atomic E-state index is 0.0495. The second-order valence-corrected chi connectivity index (χ2v) is 11.1. The van der Waals surface area contributed by atoms with Gasteiger partial charge in [0, 0.05) is 18.8 Å². The first-order valence-corrected chi connectivity index (χ1v) is 14.2. The molecular weight excluding hydrogens is 582 g/mol. The molecule has 6 nitrogen and oxygen atoms in total. The molecule has 0 bridgehead atoms. The summed E-state index contributed by atoms with van der Waals surface area (Å²) in [7, 11) is 0. The predicted octanol–water partition coefficient (Wildman–Crippen LogP) is 6.81. The highest BCUT2D eigenvalue weighted by Crippen LogP contribution is 2.36. The number of likely N-dealkylation sites (tertiary alicyclic amines) is 1. The molecule has 42 heavy (non-hydrogen) atoms. The zero-order valence-electron chi connectivity index (χ0n) is 22.7. The summed E-state index contributed by atoms with van der Waals surface area (Å²) in [6.45, 7) is 2.94. The van der Waals surface area contributed by atoms with Crippen molar-refractivity contribution in [2.45, 2.75) is 56.9 Å². The van der Waals surface area contributed by atoms with E-state index >= 15 is 0 Å². The third kappa shape index (κ3) is 8.54.